The monoisotopic (exact) mass is 408 g/mol. The van der Waals surface area contributed by atoms with Crippen LogP contribution < -0.4 is 0 Å². The molecule has 3 aromatic rings. The molecule has 1 aliphatic carbocycles. The maximum Gasteiger partial charge on any atom is 0.243 e. The highest BCUT2D eigenvalue weighted by Crippen LogP contribution is 2.30. The van der Waals surface area contributed by atoms with Crippen molar-refractivity contribution in [3.63, 3.8) is 0 Å². The first-order chi connectivity index (χ1) is 14.1. The van der Waals surface area contributed by atoms with E-state index >= 15 is 0 Å². The summed E-state index contributed by atoms with van der Waals surface area (Å²) in [6.45, 7) is 1.09. The summed E-state index contributed by atoms with van der Waals surface area (Å²) in [7, 11) is -3.44. The average molecular weight is 409 g/mol. The third-order valence-electron chi connectivity index (χ3n) is 6.08. The van der Waals surface area contributed by atoms with Gasteiger partial charge in [0.25, 0.3) is 0 Å². The Balaban J connectivity index is 1.32. The van der Waals surface area contributed by atoms with E-state index in [0.717, 1.165) is 37.2 Å². The second-order valence-corrected chi connectivity index (χ2v) is 9.90. The predicted molar refractivity (Wildman–Crippen MR) is 110 cm³/mol. The van der Waals surface area contributed by atoms with E-state index in [1.165, 1.54) is 11.1 Å². The lowest BCUT2D eigenvalue weighted by Gasteiger charge is -2.17. The number of fused-ring (bicyclic) bond motifs is 1. The molecule has 2 heterocycles. The molecule has 1 fully saturated rings. The summed E-state index contributed by atoms with van der Waals surface area (Å²) >= 11 is 0. The van der Waals surface area contributed by atoms with Gasteiger partial charge in [-0.05, 0) is 67.0 Å². The van der Waals surface area contributed by atoms with Crippen LogP contribution in [0.4, 0.5) is 0 Å². The van der Waals surface area contributed by atoms with Gasteiger partial charge in [0.1, 0.15) is 12.2 Å². The van der Waals surface area contributed by atoms with E-state index in [1.807, 2.05) is 47.0 Å². The summed E-state index contributed by atoms with van der Waals surface area (Å²) in [5.41, 5.74) is 3.51. The summed E-state index contributed by atoms with van der Waals surface area (Å²) in [5.74, 6) is 1.11. The van der Waals surface area contributed by atoms with Gasteiger partial charge in [-0.3, -0.25) is 4.57 Å². The van der Waals surface area contributed by atoms with Crippen molar-refractivity contribution >= 4 is 10.0 Å². The van der Waals surface area contributed by atoms with Crippen LogP contribution in [0.1, 0.15) is 29.8 Å². The number of aromatic nitrogens is 3. The molecule has 2 aliphatic rings. The van der Waals surface area contributed by atoms with Gasteiger partial charge in [-0.15, -0.1) is 10.2 Å². The van der Waals surface area contributed by atoms with Crippen molar-refractivity contribution in [2.45, 2.75) is 37.0 Å². The number of hydrogen-bond acceptors (Lipinski definition) is 4. The zero-order valence-electron chi connectivity index (χ0n) is 16.2. The molecule has 150 valence electrons. The lowest BCUT2D eigenvalue weighted by Crippen LogP contribution is -2.29. The number of sulfonamides is 1. The number of hydrogen-bond donors (Lipinski definition) is 0. The average Bonchev–Trinajstić information content (AvgIpc) is 3.49. The minimum Gasteiger partial charge on any atom is -0.286 e. The fourth-order valence-electron chi connectivity index (χ4n) is 4.50. The highest BCUT2D eigenvalue weighted by molar-refractivity contribution is 7.89. The highest BCUT2D eigenvalue weighted by Gasteiger charge is 2.33. The summed E-state index contributed by atoms with van der Waals surface area (Å²) in [6, 6.07) is 15.6. The van der Waals surface area contributed by atoms with E-state index in [0.29, 0.717) is 24.4 Å². The minimum atomic E-state index is -3.44. The number of benzene rings is 2. The fourth-order valence-corrected chi connectivity index (χ4v) is 6.08. The van der Waals surface area contributed by atoms with Crippen LogP contribution in [0.2, 0.25) is 0 Å². The Kier molecular flexibility index (Phi) is 4.72. The van der Waals surface area contributed by atoms with Gasteiger partial charge in [0.2, 0.25) is 10.0 Å². The van der Waals surface area contributed by atoms with Crippen molar-refractivity contribution in [2.24, 2.45) is 5.92 Å². The van der Waals surface area contributed by atoms with E-state index in [4.69, 9.17) is 0 Å². The second kappa shape index (κ2) is 7.39. The molecule has 1 aromatic heterocycles. The Morgan fingerprint density at radius 3 is 2.72 bits per heavy atom. The fraction of sp³-hybridized carbons (Fsp3) is 0.364. The molecule has 2 aromatic carbocycles. The molecule has 0 bridgehead atoms. The van der Waals surface area contributed by atoms with Gasteiger partial charge >= 0.3 is 0 Å². The topological polar surface area (TPSA) is 68.1 Å². The molecular weight excluding hydrogens is 384 g/mol. The van der Waals surface area contributed by atoms with Crippen LogP contribution in [0.25, 0.3) is 5.69 Å². The summed E-state index contributed by atoms with van der Waals surface area (Å²) in [5, 5.41) is 8.36. The van der Waals surface area contributed by atoms with Crippen LogP contribution in [0.3, 0.4) is 0 Å². The Labute approximate surface area is 171 Å². The second-order valence-electron chi connectivity index (χ2n) is 7.96. The molecule has 6 nitrogen and oxygen atoms in total. The van der Waals surface area contributed by atoms with E-state index in [-0.39, 0.29) is 5.92 Å². The lowest BCUT2D eigenvalue weighted by molar-refractivity contribution is 0.452. The van der Waals surface area contributed by atoms with Crippen LogP contribution in [0.5, 0.6) is 0 Å². The normalized spacial score (nSPS) is 19.5. The van der Waals surface area contributed by atoms with Crippen molar-refractivity contribution in [1.82, 2.24) is 19.1 Å². The summed E-state index contributed by atoms with van der Waals surface area (Å²) < 4.78 is 29.9. The molecular formula is C22H24N4O2S. The zero-order chi connectivity index (χ0) is 19.8. The van der Waals surface area contributed by atoms with Crippen molar-refractivity contribution in [3.05, 3.63) is 71.8 Å². The van der Waals surface area contributed by atoms with Gasteiger partial charge in [0.05, 0.1) is 4.90 Å². The van der Waals surface area contributed by atoms with Gasteiger partial charge < -0.3 is 0 Å². The van der Waals surface area contributed by atoms with E-state index < -0.39 is 10.0 Å². The SMILES string of the molecule is O=S(=O)(c1ccc2c(c1)CCC2)N1CCC(Cc2nncn2-c2ccccc2)C1. The molecule has 1 atom stereocenters. The first-order valence-corrected chi connectivity index (χ1v) is 11.6. The van der Waals surface area contributed by atoms with Crippen molar-refractivity contribution in [2.75, 3.05) is 13.1 Å². The van der Waals surface area contributed by atoms with Crippen LogP contribution in [0.15, 0.2) is 59.8 Å². The van der Waals surface area contributed by atoms with Gasteiger partial charge in [0, 0.05) is 25.2 Å². The van der Waals surface area contributed by atoms with Crippen LogP contribution in [-0.4, -0.2) is 40.6 Å². The molecule has 29 heavy (non-hydrogen) atoms. The molecule has 0 spiro atoms. The highest BCUT2D eigenvalue weighted by atomic mass is 32.2. The van der Waals surface area contributed by atoms with Crippen LogP contribution in [-0.2, 0) is 29.3 Å². The molecule has 0 amide bonds. The smallest absolute Gasteiger partial charge is 0.243 e. The Bertz CT molecular complexity index is 1120. The number of aryl methyl sites for hydroxylation is 2. The Morgan fingerprint density at radius 2 is 1.86 bits per heavy atom. The van der Waals surface area contributed by atoms with Crippen LogP contribution >= 0.6 is 0 Å². The third kappa shape index (κ3) is 3.49. The lowest BCUT2D eigenvalue weighted by atomic mass is 10.0. The van der Waals surface area contributed by atoms with E-state index in [2.05, 4.69) is 10.2 Å². The minimum absolute atomic E-state index is 0.242. The number of para-hydroxylation sites is 1. The van der Waals surface area contributed by atoms with Crippen molar-refractivity contribution < 1.29 is 8.42 Å². The van der Waals surface area contributed by atoms with Gasteiger partial charge in [-0.2, -0.15) is 4.31 Å². The first kappa shape index (κ1) is 18.5. The maximum atomic E-state index is 13.2. The summed E-state index contributed by atoms with van der Waals surface area (Å²) in [4.78, 5) is 0.436. The molecule has 1 unspecified atom stereocenters. The number of rotatable bonds is 5. The molecule has 7 heteroatoms. The van der Waals surface area contributed by atoms with Gasteiger partial charge in [0.15, 0.2) is 0 Å². The van der Waals surface area contributed by atoms with Crippen molar-refractivity contribution in [3.8, 4) is 5.69 Å². The quantitative estimate of drug-likeness (QED) is 0.651. The molecule has 0 saturated carbocycles. The standard InChI is InChI=1S/C22H24N4O2S/c27-29(28,21-10-9-18-5-4-6-19(18)14-21)25-12-11-17(15-25)13-22-24-23-16-26(22)20-7-2-1-3-8-20/h1-3,7-10,14,16-17H,4-6,11-13,15H2. The van der Waals surface area contributed by atoms with Gasteiger partial charge in [-0.25, -0.2) is 8.42 Å². The number of nitrogens with zero attached hydrogens (tertiary/aromatic N) is 4. The largest absolute Gasteiger partial charge is 0.286 e. The molecule has 0 N–H and O–H groups in total. The van der Waals surface area contributed by atoms with Crippen LogP contribution in [0, 0.1) is 5.92 Å². The van der Waals surface area contributed by atoms with Crippen molar-refractivity contribution in [1.29, 1.82) is 0 Å². The molecule has 1 saturated heterocycles. The predicted octanol–water partition coefficient (Wildman–Crippen LogP) is 3.01. The van der Waals surface area contributed by atoms with Gasteiger partial charge in [-0.1, -0.05) is 24.3 Å². The van der Waals surface area contributed by atoms with E-state index in [9.17, 15) is 8.42 Å². The molecule has 0 radical (unpaired) electrons. The Morgan fingerprint density at radius 1 is 1.03 bits per heavy atom. The van der Waals surface area contributed by atoms with E-state index in [1.54, 1.807) is 16.7 Å². The molecule has 5 rings (SSSR count). The zero-order valence-corrected chi connectivity index (χ0v) is 17.1. The third-order valence-corrected chi connectivity index (χ3v) is 7.94. The summed E-state index contributed by atoms with van der Waals surface area (Å²) in [6.07, 6.45) is 6.43. The Hall–Kier alpha value is -2.51. The maximum absolute atomic E-state index is 13.2. The first-order valence-electron chi connectivity index (χ1n) is 10.2. The molecule has 1 aliphatic heterocycles.